The molecule has 1 atom stereocenters. The molecule has 10 heteroatoms. The van der Waals surface area contributed by atoms with Gasteiger partial charge in [-0.25, -0.2) is 14.4 Å². The molecular weight excluding hydrogens is 441 g/mol. The van der Waals surface area contributed by atoms with Crippen molar-refractivity contribution in [1.29, 1.82) is 0 Å². The molecular formula is C24H30FN5O4. The Kier molecular flexibility index (Phi) is 6.89. The van der Waals surface area contributed by atoms with Crippen molar-refractivity contribution in [3.05, 3.63) is 35.8 Å². The minimum atomic E-state index is -0.463. The fraction of sp³-hybridized carbons (Fsp3) is 0.542. The van der Waals surface area contributed by atoms with E-state index in [0.717, 1.165) is 37.6 Å². The van der Waals surface area contributed by atoms with Crippen molar-refractivity contribution in [2.24, 2.45) is 5.92 Å². The molecule has 4 heterocycles. The van der Waals surface area contributed by atoms with Gasteiger partial charge in [-0.2, -0.15) is 0 Å². The number of fused-ring (bicyclic) bond motifs is 3. The summed E-state index contributed by atoms with van der Waals surface area (Å²) in [4.78, 5) is 26.3. The zero-order valence-corrected chi connectivity index (χ0v) is 19.1. The molecule has 0 bridgehead atoms. The maximum atomic E-state index is 13.9. The smallest absolute Gasteiger partial charge is 0.239 e. The number of amides is 1. The number of hydrogen-bond donors (Lipinski definition) is 2. The summed E-state index contributed by atoms with van der Waals surface area (Å²) >= 11 is 0. The molecule has 3 aliphatic rings. The van der Waals surface area contributed by atoms with Crippen LogP contribution in [-0.4, -0.2) is 79.6 Å². The van der Waals surface area contributed by atoms with Crippen molar-refractivity contribution in [3.63, 3.8) is 0 Å². The summed E-state index contributed by atoms with van der Waals surface area (Å²) in [6.45, 7) is 4.50. The zero-order chi connectivity index (χ0) is 23.5. The van der Waals surface area contributed by atoms with Crippen molar-refractivity contribution in [2.45, 2.75) is 25.5 Å². The fourth-order valence-electron chi connectivity index (χ4n) is 4.80. The quantitative estimate of drug-likeness (QED) is 0.651. The Morgan fingerprint density at radius 1 is 1.24 bits per heavy atom. The van der Waals surface area contributed by atoms with Crippen molar-refractivity contribution in [2.75, 3.05) is 62.4 Å². The van der Waals surface area contributed by atoms with Crippen LogP contribution >= 0.6 is 0 Å². The zero-order valence-electron chi connectivity index (χ0n) is 19.1. The Hall–Kier alpha value is -2.82. The number of carbonyl (C=O) groups excluding carboxylic acids is 1. The molecule has 3 aliphatic heterocycles. The number of aliphatic hydroxyl groups is 1. The number of nitrogens with zero attached hydrogens (tertiary/aromatic N) is 4. The number of morpholine rings is 1. The van der Waals surface area contributed by atoms with Gasteiger partial charge < -0.3 is 29.7 Å². The number of aliphatic hydroxyl groups excluding tert-OH is 1. The number of anilines is 2. The first kappa shape index (κ1) is 22.9. The summed E-state index contributed by atoms with van der Waals surface area (Å²) in [5, 5.41) is 12.5. The highest BCUT2D eigenvalue weighted by atomic mass is 19.1. The van der Waals surface area contributed by atoms with Crippen LogP contribution in [0.25, 0.3) is 11.4 Å². The van der Waals surface area contributed by atoms with E-state index in [2.05, 4.69) is 15.2 Å². The van der Waals surface area contributed by atoms with Gasteiger partial charge in [0, 0.05) is 44.0 Å². The predicted octanol–water partition coefficient (Wildman–Crippen LogP) is 1.34. The molecule has 2 N–H and O–H groups in total. The number of ether oxygens (including phenoxy) is 2. The second-order valence-corrected chi connectivity index (χ2v) is 9.03. The Morgan fingerprint density at radius 3 is 2.91 bits per heavy atom. The standard InChI is InChI=1S/C24H30FN5O4/c25-20-2-1-17(9-18(20)14-31)23-27-11-21-24(28-23)30-5-8-34-15-19(30)12-29(21)13-22(32)26-10-16-3-6-33-7-4-16/h1-2,9,11,16,19,31H,3-8,10,12-15H2,(H,26,32)/t19-/m1/s1. The van der Waals surface area contributed by atoms with E-state index in [1.807, 2.05) is 4.90 Å². The lowest BCUT2D eigenvalue weighted by Gasteiger charge is -2.45. The van der Waals surface area contributed by atoms with E-state index in [1.54, 1.807) is 18.3 Å². The first-order chi connectivity index (χ1) is 16.6. The van der Waals surface area contributed by atoms with Crippen LogP contribution in [-0.2, 0) is 20.9 Å². The van der Waals surface area contributed by atoms with Gasteiger partial charge in [0.2, 0.25) is 5.91 Å². The minimum Gasteiger partial charge on any atom is -0.392 e. The molecule has 0 radical (unpaired) electrons. The molecule has 0 aliphatic carbocycles. The third kappa shape index (κ3) is 4.84. The number of rotatable bonds is 6. The normalized spacial score (nSPS) is 20.6. The van der Waals surface area contributed by atoms with Crippen LogP contribution in [0.2, 0.25) is 0 Å². The molecule has 0 unspecified atom stereocenters. The Labute approximate surface area is 197 Å². The van der Waals surface area contributed by atoms with E-state index in [9.17, 15) is 14.3 Å². The van der Waals surface area contributed by atoms with Gasteiger partial charge >= 0.3 is 0 Å². The van der Waals surface area contributed by atoms with Gasteiger partial charge in [0.1, 0.15) is 5.82 Å². The third-order valence-corrected chi connectivity index (χ3v) is 6.76. The molecule has 1 aromatic heterocycles. The average molecular weight is 472 g/mol. The maximum absolute atomic E-state index is 13.9. The van der Waals surface area contributed by atoms with Gasteiger partial charge in [0.05, 0.1) is 44.3 Å². The molecule has 1 aromatic carbocycles. The fourth-order valence-corrected chi connectivity index (χ4v) is 4.80. The van der Waals surface area contributed by atoms with Gasteiger partial charge in [0.15, 0.2) is 11.6 Å². The summed E-state index contributed by atoms with van der Waals surface area (Å²) < 4.78 is 25.0. The highest BCUT2D eigenvalue weighted by molar-refractivity contribution is 5.84. The number of nitrogens with one attached hydrogen (secondary N) is 1. The summed E-state index contributed by atoms with van der Waals surface area (Å²) in [6, 6.07) is 4.57. The van der Waals surface area contributed by atoms with E-state index >= 15 is 0 Å². The molecule has 9 nitrogen and oxygen atoms in total. The van der Waals surface area contributed by atoms with Crippen molar-refractivity contribution >= 4 is 17.4 Å². The van der Waals surface area contributed by atoms with Crippen LogP contribution < -0.4 is 15.1 Å². The molecule has 2 aromatic rings. The number of carbonyl (C=O) groups is 1. The molecule has 1 amide bonds. The maximum Gasteiger partial charge on any atom is 0.239 e. The number of halogens is 1. The minimum absolute atomic E-state index is 0.0298. The van der Waals surface area contributed by atoms with Crippen LogP contribution in [0.4, 0.5) is 15.9 Å². The highest BCUT2D eigenvalue weighted by Crippen LogP contribution is 2.36. The lowest BCUT2D eigenvalue weighted by atomic mass is 10.0. The van der Waals surface area contributed by atoms with E-state index < -0.39 is 12.4 Å². The number of hydrogen-bond acceptors (Lipinski definition) is 8. The number of aromatic nitrogens is 2. The molecule has 5 rings (SSSR count). The molecule has 182 valence electrons. The van der Waals surface area contributed by atoms with Crippen LogP contribution in [0.5, 0.6) is 0 Å². The van der Waals surface area contributed by atoms with E-state index in [4.69, 9.17) is 14.5 Å². The first-order valence-corrected chi connectivity index (χ1v) is 11.8. The van der Waals surface area contributed by atoms with Crippen LogP contribution in [0, 0.1) is 11.7 Å². The first-order valence-electron chi connectivity index (χ1n) is 11.8. The Bertz CT molecular complexity index is 1030. The van der Waals surface area contributed by atoms with Gasteiger partial charge in [-0.15, -0.1) is 0 Å². The predicted molar refractivity (Wildman–Crippen MR) is 124 cm³/mol. The Balaban J connectivity index is 1.37. The largest absolute Gasteiger partial charge is 0.392 e. The lowest BCUT2D eigenvalue weighted by molar-refractivity contribution is -0.120. The summed E-state index contributed by atoms with van der Waals surface area (Å²) in [6.07, 6.45) is 3.68. The molecule has 0 saturated carbocycles. The van der Waals surface area contributed by atoms with E-state index in [0.29, 0.717) is 50.2 Å². The third-order valence-electron chi connectivity index (χ3n) is 6.76. The van der Waals surface area contributed by atoms with Crippen LogP contribution in [0.1, 0.15) is 18.4 Å². The van der Waals surface area contributed by atoms with Gasteiger partial charge in [-0.3, -0.25) is 4.79 Å². The summed E-state index contributed by atoms with van der Waals surface area (Å²) in [5.74, 6) is 1.16. The summed E-state index contributed by atoms with van der Waals surface area (Å²) in [7, 11) is 0. The van der Waals surface area contributed by atoms with Crippen LogP contribution in [0.15, 0.2) is 24.4 Å². The van der Waals surface area contributed by atoms with Gasteiger partial charge in [-0.05, 0) is 37.0 Å². The molecule has 2 fully saturated rings. The van der Waals surface area contributed by atoms with E-state index in [-0.39, 0.29) is 24.1 Å². The second kappa shape index (κ2) is 10.2. The van der Waals surface area contributed by atoms with Crippen molar-refractivity contribution in [3.8, 4) is 11.4 Å². The topological polar surface area (TPSA) is 100 Å². The van der Waals surface area contributed by atoms with Crippen molar-refractivity contribution in [1.82, 2.24) is 15.3 Å². The Morgan fingerprint density at radius 2 is 2.09 bits per heavy atom. The lowest BCUT2D eigenvalue weighted by Crippen LogP contribution is -2.57. The average Bonchev–Trinajstić information content (AvgIpc) is 2.88. The van der Waals surface area contributed by atoms with Gasteiger partial charge in [0.25, 0.3) is 0 Å². The monoisotopic (exact) mass is 471 g/mol. The van der Waals surface area contributed by atoms with Crippen LogP contribution in [0.3, 0.4) is 0 Å². The highest BCUT2D eigenvalue weighted by Gasteiger charge is 2.35. The van der Waals surface area contributed by atoms with Gasteiger partial charge in [-0.1, -0.05) is 0 Å². The second-order valence-electron chi connectivity index (χ2n) is 9.03. The van der Waals surface area contributed by atoms with E-state index in [1.165, 1.54) is 6.07 Å². The molecule has 2 saturated heterocycles. The van der Waals surface area contributed by atoms with Crippen molar-refractivity contribution < 1.29 is 23.8 Å². The molecule has 34 heavy (non-hydrogen) atoms. The number of benzene rings is 1. The molecule has 0 spiro atoms. The summed E-state index contributed by atoms with van der Waals surface area (Å²) in [5.41, 5.74) is 1.63. The SMILES string of the molecule is O=C(CN1C[C@@H]2COCCN2c2nc(-c3ccc(F)c(CO)c3)ncc21)NCC1CCOCC1.